The normalized spacial score (nSPS) is 14.7. The number of aliphatic carboxylic acids is 1. The summed E-state index contributed by atoms with van der Waals surface area (Å²) in [7, 11) is 0. The Morgan fingerprint density at radius 3 is 2.42 bits per heavy atom. The fourth-order valence-corrected chi connectivity index (χ4v) is 4.26. The van der Waals surface area contributed by atoms with Crippen LogP contribution in [0.2, 0.25) is 0 Å². The third-order valence-electron chi connectivity index (χ3n) is 6.69. The molecular weight excluding hydrogens is 487 g/mol. The second-order valence-corrected chi connectivity index (χ2v) is 9.65. The minimum absolute atomic E-state index is 0.309. The molecule has 38 heavy (non-hydrogen) atoms. The standard InChI is InChI=1S/C28H35FN6O3/c1-3-21(25(36)37)18-20-4-10-24(11-5-20)38-17-14-30-26-32-27(31-23-8-6-22(29)7-9-23)34-28(33-26)35-15-12-19(2)13-16-35/h4-11,19,21H,3,12-18H2,1-2H3,(H,36,37)(H2,30,31,32,33,34). The number of benzene rings is 2. The van der Waals surface area contributed by atoms with Crippen molar-refractivity contribution >= 4 is 29.5 Å². The van der Waals surface area contributed by atoms with Crippen molar-refractivity contribution in [1.29, 1.82) is 0 Å². The minimum atomic E-state index is -0.772. The van der Waals surface area contributed by atoms with Crippen LogP contribution >= 0.6 is 0 Å². The molecule has 1 aliphatic heterocycles. The Morgan fingerprint density at radius 1 is 1.08 bits per heavy atom. The summed E-state index contributed by atoms with van der Waals surface area (Å²) < 4.78 is 19.2. The van der Waals surface area contributed by atoms with Crippen molar-refractivity contribution in [3.05, 3.63) is 59.9 Å². The summed E-state index contributed by atoms with van der Waals surface area (Å²) in [5.74, 6) is 1.33. The molecule has 0 saturated carbocycles. The van der Waals surface area contributed by atoms with Gasteiger partial charge in [0.05, 0.1) is 12.5 Å². The van der Waals surface area contributed by atoms with Gasteiger partial charge in [0, 0.05) is 18.8 Å². The van der Waals surface area contributed by atoms with Gasteiger partial charge >= 0.3 is 5.97 Å². The molecule has 10 heteroatoms. The molecule has 0 radical (unpaired) electrons. The predicted octanol–water partition coefficient (Wildman–Crippen LogP) is 5.13. The Morgan fingerprint density at radius 2 is 1.76 bits per heavy atom. The van der Waals surface area contributed by atoms with Crippen LogP contribution < -0.4 is 20.3 Å². The maximum atomic E-state index is 13.3. The van der Waals surface area contributed by atoms with Gasteiger partial charge in [-0.3, -0.25) is 4.79 Å². The van der Waals surface area contributed by atoms with Crippen LogP contribution in [0.25, 0.3) is 0 Å². The number of carboxylic acids is 1. The zero-order chi connectivity index (χ0) is 26.9. The molecule has 4 rings (SSSR count). The van der Waals surface area contributed by atoms with Gasteiger partial charge in [-0.1, -0.05) is 26.0 Å². The lowest BCUT2D eigenvalue weighted by molar-refractivity contribution is -0.141. The first-order chi connectivity index (χ1) is 18.4. The lowest BCUT2D eigenvalue weighted by Gasteiger charge is -2.30. The number of nitrogens with zero attached hydrogens (tertiary/aromatic N) is 4. The molecule has 1 fully saturated rings. The summed E-state index contributed by atoms with van der Waals surface area (Å²) in [6, 6.07) is 13.6. The van der Waals surface area contributed by atoms with Gasteiger partial charge in [-0.05, 0) is 73.6 Å². The molecule has 9 nitrogen and oxygen atoms in total. The third kappa shape index (κ3) is 7.77. The van der Waals surface area contributed by atoms with Crippen molar-refractivity contribution in [2.45, 2.75) is 39.5 Å². The van der Waals surface area contributed by atoms with E-state index in [0.717, 1.165) is 31.5 Å². The molecule has 3 N–H and O–H groups in total. The second-order valence-electron chi connectivity index (χ2n) is 9.65. The van der Waals surface area contributed by atoms with Gasteiger partial charge in [-0.2, -0.15) is 15.0 Å². The van der Waals surface area contributed by atoms with E-state index < -0.39 is 5.97 Å². The van der Waals surface area contributed by atoms with Crippen LogP contribution in [0.5, 0.6) is 5.75 Å². The van der Waals surface area contributed by atoms with Gasteiger partial charge in [0.2, 0.25) is 17.8 Å². The summed E-state index contributed by atoms with van der Waals surface area (Å²) in [5, 5.41) is 15.6. The van der Waals surface area contributed by atoms with E-state index in [1.165, 1.54) is 12.1 Å². The fraction of sp³-hybridized carbons (Fsp3) is 0.429. The maximum absolute atomic E-state index is 13.3. The number of hydrogen-bond acceptors (Lipinski definition) is 8. The number of rotatable bonds is 12. The monoisotopic (exact) mass is 522 g/mol. The van der Waals surface area contributed by atoms with Crippen molar-refractivity contribution < 1.29 is 19.0 Å². The SMILES string of the molecule is CCC(Cc1ccc(OCCNc2nc(Nc3ccc(F)cc3)nc(N3CCC(C)CC3)n2)cc1)C(=O)O. The highest BCUT2D eigenvalue weighted by Gasteiger charge is 2.20. The second kappa shape index (κ2) is 13.0. The molecule has 1 atom stereocenters. The van der Waals surface area contributed by atoms with Crippen molar-refractivity contribution in [1.82, 2.24) is 15.0 Å². The third-order valence-corrected chi connectivity index (χ3v) is 6.69. The number of nitrogens with one attached hydrogen (secondary N) is 2. The molecule has 1 unspecified atom stereocenters. The van der Waals surface area contributed by atoms with Gasteiger partial charge in [-0.15, -0.1) is 0 Å². The average Bonchev–Trinajstić information content (AvgIpc) is 2.92. The number of aromatic nitrogens is 3. The molecule has 0 aliphatic carbocycles. The molecule has 1 aliphatic rings. The molecule has 0 amide bonds. The highest BCUT2D eigenvalue weighted by atomic mass is 19.1. The predicted molar refractivity (Wildman–Crippen MR) is 146 cm³/mol. The molecule has 1 aromatic heterocycles. The first kappa shape index (κ1) is 27.1. The lowest BCUT2D eigenvalue weighted by atomic mass is 9.97. The maximum Gasteiger partial charge on any atom is 0.306 e. The number of piperidine rings is 1. The Bertz CT molecular complexity index is 1180. The number of ether oxygens (including phenoxy) is 1. The van der Waals surface area contributed by atoms with Crippen molar-refractivity contribution in [3.8, 4) is 5.75 Å². The molecule has 2 aromatic carbocycles. The van der Waals surface area contributed by atoms with Crippen LogP contribution in [0.15, 0.2) is 48.5 Å². The summed E-state index contributed by atoms with van der Waals surface area (Å²) in [6.07, 6.45) is 3.25. The van der Waals surface area contributed by atoms with Crippen molar-refractivity contribution in [2.24, 2.45) is 11.8 Å². The fourth-order valence-electron chi connectivity index (χ4n) is 4.26. The van der Waals surface area contributed by atoms with Crippen LogP contribution in [-0.4, -0.2) is 52.3 Å². The van der Waals surface area contributed by atoms with Crippen LogP contribution in [0.3, 0.4) is 0 Å². The highest BCUT2D eigenvalue weighted by molar-refractivity contribution is 5.70. The Labute approximate surface area is 222 Å². The van der Waals surface area contributed by atoms with Gasteiger partial charge in [0.1, 0.15) is 18.2 Å². The topological polar surface area (TPSA) is 113 Å². The van der Waals surface area contributed by atoms with Gasteiger partial charge in [0.25, 0.3) is 0 Å². The van der Waals surface area contributed by atoms with E-state index in [2.05, 4.69) is 37.4 Å². The number of carbonyl (C=O) groups is 1. The molecule has 3 aromatic rings. The van der Waals surface area contributed by atoms with Crippen LogP contribution in [0.4, 0.5) is 27.9 Å². The summed E-state index contributed by atoms with van der Waals surface area (Å²) >= 11 is 0. The van der Waals surface area contributed by atoms with Gasteiger partial charge < -0.3 is 25.4 Å². The molecule has 1 saturated heterocycles. The first-order valence-corrected chi connectivity index (χ1v) is 13.1. The quantitative estimate of drug-likeness (QED) is 0.279. The Balaban J connectivity index is 1.36. The molecule has 202 valence electrons. The number of hydrogen-bond donors (Lipinski definition) is 3. The summed E-state index contributed by atoms with van der Waals surface area (Å²) in [5.41, 5.74) is 1.65. The largest absolute Gasteiger partial charge is 0.492 e. The zero-order valence-electron chi connectivity index (χ0n) is 21.9. The molecular formula is C28H35FN6O3. The Kier molecular flexibility index (Phi) is 9.29. The molecule has 2 heterocycles. The van der Waals surface area contributed by atoms with Crippen LogP contribution in [0.1, 0.15) is 38.7 Å². The van der Waals surface area contributed by atoms with E-state index in [0.29, 0.717) is 61.2 Å². The van der Waals surface area contributed by atoms with Gasteiger partial charge in [0.15, 0.2) is 0 Å². The number of carboxylic acid groups (broad SMARTS) is 1. The van der Waals surface area contributed by atoms with Crippen molar-refractivity contribution in [2.75, 3.05) is 41.8 Å². The number of halogens is 1. The molecule has 0 bridgehead atoms. The van der Waals surface area contributed by atoms with E-state index in [4.69, 9.17) is 4.74 Å². The number of anilines is 4. The Hall–Kier alpha value is -3.95. The van der Waals surface area contributed by atoms with Gasteiger partial charge in [-0.25, -0.2) is 4.39 Å². The smallest absolute Gasteiger partial charge is 0.306 e. The minimum Gasteiger partial charge on any atom is -0.492 e. The van der Waals surface area contributed by atoms with E-state index >= 15 is 0 Å². The van der Waals surface area contributed by atoms with E-state index in [1.54, 1.807) is 12.1 Å². The molecule has 0 spiro atoms. The van der Waals surface area contributed by atoms with Crippen LogP contribution in [0, 0.1) is 17.7 Å². The van der Waals surface area contributed by atoms with E-state index in [9.17, 15) is 14.3 Å². The lowest BCUT2D eigenvalue weighted by Crippen LogP contribution is -2.34. The highest BCUT2D eigenvalue weighted by Crippen LogP contribution is 2.23. The zero-order valence-corrected chi connectivity index (χ0v) is 21.9. The summed E-state index contributed by atoms with van der Waals surface area (Å²) in [6.45, 7) is 6.75. The van der Waals surface area contributed by atoms with Crippen molar-refractivity contribution in [3.63, 3.8) is 0 Å². The average molecular weight is 523 g/mol. The summed E-state index contributed by atoms with van der Waals surface area (Å²) in [4.78, 5) is 27.2. The first-order valence-electron chi connectivity index (χ1n) is 13.1. The van der Waals surface area contributed by atoms with E-state index in [-0.39, 0.29) is 11.7 Å². The van der Waals surface area contributed by atoms with E-state index in [1.807, 2.05) is 31.2 Å². The van der Waals surface area contributed by atoms with Crippen LogP contribution in [-0.2, 0) is 11.2 Å².